The molecule has 136 valence electrons. The average molecular weight is 398 g/mol. The maximum absolute atomic E-state index is 12.4. The van der Waals surface area contributed by atoms with Gasteiger partial charge in [-0.05, 0) is 42.0 Å². The predicted molar refractivity (Wildman–Crippen MR) is 108 cm³/mol. The highest BCUT2D eigenvalue weighted by atomic mass is 35.5. The summed E-state index contributed by atoms with van der Waals surface area (Å²) in [5, 5.41) is 0.513. The van der Waals surface area contributed by atoms with Gasteiger partial charge in [-0.1, -0.05) is 41.9 Å². The Morgan fingerprint density at radius 2 is 1.81 bits per heavy atom. The van der Waals surface area contributed by atoms with E-state index in [1.165, 1.54) is 0 Å². The Hall–Kier alpha value is -2.83. The van der Waals surface area contributed by atoms with Gasteiger partial charge in [0.2, 0.25) is 10.0 Å². The Bertz CT molecular complexity index is 1170. The molecule has 0 fully saturated rings. The number of pyridine rings is 1. The topological polar surface area (TPSA) is 63.5 Å². The zero-order valence-electron chi connectivity index (χ0n) is 14.2. The van der Waals surface area contributed by atoms with E-state index < -0.39 is 10.0 Å². The van der Waals surface area contributed by atoms with Crippen molar-refractivity contribution in [1.82, 2.24) is 9.38 Å². The maximum atomic E-state index is 12.4. The van der Waals surface area contributed by atoms with Crippen LogP contribution in [0.4, 0.5) is 5.69 Å². The van der Waals surface area contributed by atoms with Gasteiger partial charge in [0.05, 0.1) is 11.4 Å². The van der Waals surface area contributed by atoms with Gasteiger partial charge in [0.15, 0.2) is 0 Å². The molecule has 0 aliphatic carbocycles. The highest BCUT2D eigenvalue weighted by Gasteiger charge is 2.12. The van der Waals surface area contributed by atoms with E-state index in [0.717, 1.165) is 16.9 Å². The summed E-state index contributed by atoms with van der Waals surface area (Å²) in [5.41, 5.74) is 3.74. The van der Waals surface area contributed by atoms with E-state index in [9.17, 15) is 8.42 Å². The van der Waals surface area contributed by atoms with Gasteiger partial charge in [-0.2, -0.15) is 0 Å². The lowest BCUT2D eigenvalue weighted by molar-refractivity contribution is 0.600. The Morgan fingerprint density at radius 1 is 1.00 bits per heavy atom. The average Bonchev–Trinajstić information content (AvgIpc) is 3.05. The molecule has 4 aromatic rings. The highest BCUT2D eigenvalue weighted by Crippen LogP contribution is 2.22. The molecular weight excluding hydrogens is 382 g/mol. The summed E-state index contributed by atoms with van der Waals surface area (Å²) in [6.45, 7) is 0. The van der Waals surface area contributed by atoms with Crippen LogP contribution in [0.25, 0.3) is 16.9 Å². The molecule has 0 bridgehead atoms. The number of imidazole rings is 1. The second-order valence-electron chi connectivity index (χ2n) is 6.16. The fourth-order valence-electron chi connectivity index (χ4n) is 2.84. The number of aromatic nitrogens is 2. The van der Waals surface area contributed by atoms with Crippen LogP contribution in [0.3, 0.4) is 0 Å². The van der Waals surface area contributed by atoms with Gasteiger partial charge >= 0.3 is 0 Å². The van der Waals surface area contributed by atoms with Crippen molar-refractivity contribution in [2.75, 3.05) is 4.72 Å². The van der Waals surface area contributed by atoms with Crippen molar-refractivity contribution < 1.29 is 8.42 Å². The van der Waals surface area contributed by atoms with Gasteiger partial charge in [0.1, 0.15) is 5.65 Å². The van der Waals surface area contributed by atoms with Crippen LogP contribution in [0, 0.1) is 0 Å². The van der Waals surface area contributed by atoms with Crippen molar-refractivity contribution >= 4 is 33.0 Å². The van der Waals surface area contributed by atoms with Gasteiger partial charge < -0.3 is 4.40 Å². The quantitative estimate of drug-likeness (QED) is 0.535. The van der Waals surface area contributed by atoms with E-state index in [4.69, 9.17) is 11.6 Å². The Morgan fingerprint density at radius 3 is 2.56 bits per heavy atom. The second-order valence-corrected chi connectivity index (χ2v) is 8.32. The lowest BCUT2D eigenvalue weighted by Crippen LogP contribution is -2.15. The van der Waals surface area contributed by atoms with E-state index >= 15 is 0 Å². The molecule has 0 amide bonds. The van der Waals surface area contributed by atoms with Gasteiger partial charge in [0, 0.05) is 28.7 Å². The van der Waals surface area contributed by atoms with Crippen LogP contribution in [-0.2, 0) is 15.8 Å². The molecule has 27 heavy (non-hydrogen) atoms. The zero-order valence-corrected chi connectivity index (χ0v) is 15.8. The minimum atomic E-state index is -3.53. The van der Waals surface area contributed by atoms with Crippen molar-refractivity contribution in [3.05, 3.63) is 89.7 Å². The number of halogens is 1. The third-order valence-electron chi connectivity index (χ3n) is 4.06. The van der Waals surface area contributed by atoms with E-state index in [1.807, 2.05) is 47.1 Å². The first-order chi connectivity index (χ1) is 13.0. The number of fused-ring (bicyclic) bond motifs is 1. The Kier molecular flexibility index (Phi) is 4.59. The number of benzene rings is 2. The summed E-state index contributed by atoms with van der Waals surface area (Å²) in [6.07, 6.45) is 3.87. The van der Waals surface area contributed by atoms with Crippen LogP contribution in [0.1, 0.15) is 5.56 Å². The lowest BCUT2D eigenvalue weighted by atomic mass is 10.1. The number of nitrogens with one attached hydrogen (secondary N) is 1. The van der Waals surface area contributed by atoms with Crippen molar-refractivity contribution in [1.29, 1.82) is 0 Å². The van der Waals surface area contributed by atoms with Crippen molar-refractivity contribution in [3.8, 4) is 11.3 Å². The SMILES string of the molecule is O=S(=O)(Cc1cccc(Cl)c1)Nc1ccc(-c2cn3ccccc3n2)cc1. The first-order valence-electron chi connectivity index (χ1n) is 8.28. The number of rotatable bonds is 5. The molecule has 0 aliphatic heterocycles. The summed E-state index contributed by atoms with van der Waals surface area (Å²) in [4.78, 5) is 4.56. The molecule has 2 aromatic carbocycles. The molecule has 1 N–H and O–H groups in total. The maximum Gasteiger partial charge on any atom is 0.236 e. The minimum Gasteiger partial charge on any atom is -0.306 e. The molecular formula is C20H16ClN3O2S. The Labute approximate surface area is 162 Å². The fraction of sp³-hybridized carbons (Fsp3) is 0.0500. The van der Waals surface area contributed by atoms with Gasteiger partial charge in [-0.15, -0.1) is 0 Å². The first-order valence-corrected chi connectivity index (χ1v) is 10.3. The monoisotopic (exact) mass is 397 g/mol. The highest BCUT2D eigenvalue weighted by molar-refractivity contribution is 7.91. The molecule has 2 heterocycles. The van der Waals surface area contributed by atoms with E-state index in [0.29, 0.717) is 16.3 Å². The van der Waals surface area contributed by atoms with Crippen LogP contribution in [0.15, 0.2) is 79.1 Å². The smallest absolute Gasteiger partial charge is 0.236 e. The summed E-state index contributed by atoms with van der Waals surface area (Å²) in [5.74, 6) is -0.137. The first kappa shape index (κ1) is 17.6. The minimum absolute atomic E-state index is 0.137. The molecule has 0 atom stereocenters. The molecule has 0 spiro atoms. The van der Waals surface area contributed by atoms with Crippen LogP contribution in [0.2, 0.25) is 5.02 Å². The van der Waals surface area contributed by atoms with Crippen molar-refractivity contribution in [3.63, 3.8) is 0 Å². The van der Waals surface area contributed by atoms with E-state index in [-0.39, 0.29) is 5.75 Å². The van der Waals surface area contributed by atoms with Crippen molar-refractivity contribution in [2.24, 2.45) is 0 Å². The molecule has 0 aliphatic rings. The molecule has 0 saturated carbocycles. The largest absolute Gasteiger partial charge is 0.306 e. The third kappa shape index (κ3) is 4.13. The van der Waals surface area contributed by atoms with Crippen LogP contribution in [0.5, 0.6) is 0 Å². The lowest BCUT2D eigenvalue weighted by Gasteiger charge is -2.09. The van der Waals surface area contributed by atoms with E-state index in [2.05, 4.69) is 9.71 Å². The van der Waals surface area contributed by atoms with Crippen LogP contribution in [-0.4, -0.2) is 17.8 Å². The summed E-state index contributed by atoms with van der Waals surface area (Å²) < 4.78 is 29.3. The van der Waals surface area contributed by atoms with Gasteiger partial charge in [-0.25, -0.2) is 13.4 Å². The summed E-state index contributed by atoms with van der Waals surface area (Å²) in [6, 6.07) is 19.8. The summed E-state index contributed by atoms with van der Waals surface area (Å²) in [7, 11) is -3.53. The second kappa shape index (κ2) is 7.06. The molecule has 5 nitrogen and oxygen atoms in total. The van der Waals surface area contributed by atoms with Crippen LogP contribution < -0.4 is 4.72 Å². The number of anilines is 1. The Balaban J connectivity index is 1.51. The molecule has 0 saturated heterocycles. The molecule has 0 radical (unpaired) electrons. The van der Waals surface area contributed by atoms with Gasteiger partial charge in [0.25, 0.3) is 0 Å². The number of nitrogens with zero attached hydrogens (tertiary/aromatic N) is 2. The summed E-state index contributed by atoms with van der Waals surface area (Å²) >= 11 is 5.92. The zero-order chi connectivity index (χ0) is 18.9. The molecule has 7 heteroatoms. The van der Waals surface area contributed by atoms with Gasteiger partial charge in [-0.3, -0.25) is 4.72 Å². The normalized spacial score (nSPS) is 11.6. The van der Waals surface area contributed by atoms with Crippen LogP contribution >= 0.6 is 11.6 Å². The molecule has 2 aromatic heterocycles. The molecule has 4 rings (SSSR count). The predicted octanol–water partition coefficient (Wildman–Crippen LogP) is 4.60. The molecule has 0 unspecified atom stereocenters. The standard InChI is InChI=1S/C20H16ClN3O2S/c21-17-5-3-4-15(12-17)14-27(25,26)23-18-9-7-16(8-10-18)19-13-24-11-2-1-6-20(24)22-19/h1-13,23H,14H2. The number of sulfonamides is 1. The third-order valence-corrected chi connectivity index (χ3v) is 5.56. The van der Waals surface area contributed by atoms with E-state index in [1.54, 1.807) is 36.4 Å². The fourth-order valence-corrected chi connectivity index (χ4v) is 4.24. The van der Waals surface area contributed by atoms with Crippen molar-refractivity contribution in [2.45, 2.75) is 5.75 Å². The number of hydrogen-bond acceptors (Lipinski definition) is 3. The number of hydrogen-bond donors (Lipinski definition) is 1.